The number of aromatic amines is 1. The molecule has 3 N–H and O–H groups in total. The van der Waals surface area contributed by atoms with E-state index in [1.54, 1.807) is 6.07 Å². The normalized spacial score (nSPS) is 16.3. The van der Waals surface area contributed by atoms with Gasteiger partial charge in [-0.05, 0) is 63.0 Å². The summed E-state index contributed by atoms with van der Waals surface area (Å²) >= 11 is 0. The van der Waals surface area contributed by atoms with Gasteiger partial charge < -0.3 is 25.4 Å². The fourth-order valence-electron chi connectivity index (χ4n) is 3.99. The lowest BCUT2D eigenvalue weighted by molar-refractivity contribution is 0.136. The summed E-state index contributed by atoms with van der Waals surface area (Å²) in [5.74, 6) is 0.666. The van der Waals surface area contributed by atoms with Crippen LogP contribution in [0.25, 0.3) is 10.9 Å². The number of halogens is 1. The molecule has 0 aliphatic carbocycles. The van der Waals surface area contributed by atoms with Gasteiger partial charge in [-0.1, -0.05) is 6.92 Å². The molecule has 1 aliphatic rings. The lowest BCUT2D eigenvalue weighted by atomic mass is 10.1. The molecule has 1 aromatic carbocycles. The summed E-state index contributed by atoms with van der Waals surface area (Å²) in [6, 6.07) is 4.90. The summed E-state index contributed by atoms with van der Waals surface area (Å²) < 4.78 is 13.3. The maximum Gasteiger partial charge on any atom is 0.191 e. The maximum absolute atomic E-state index is 13.3. The standard InChI is InChI=1S/C23H37FN6/c1-3-25-23(26-10-5-6-12-30-15-13-29(4-2)14-16-30)27-11-9-19-18-28-22-17-20(24)7-8-21(19)22/h7-8,17-18,28H,3-6,9-16H2,1-2H3,(H2,25,26,27). The number of benzene rings is 1. The zero-order valence-corrected chi connectivity index (χ0v) is 18.5. The average molecular weight is 417 g/mol. The Hall–Kier alpha value is -2.12. The molecule has 3 rings (SSSR count). The van der Waals surface area contributed by atoms with Crippen LogP contribution in [0.4, 0.5) is 4.39 Å². The van der Waals surface area contributed by atoms with Crippen LogP contribution in [0.2, 0.25) is 0 Å². The van der Waals surface area contributed by atoms with Crippen molar-refractivity contribution in [3.8, 4) is 0 Å². The van der Waals surface area contributed by atoms with Crippen LogP contribution in [-0.2, 0) is 6.42 Å². The van der Waals surface area contributed by atoms with Crippen molar-refractivity contribution in [1.29, 1.82) is 0 Å². The van der Waals surface area contributed by atoms with Gasteiger partial charge in [0.2, 0.25) is 0 Å². The Kier molecular flexibility index (Phi) is 8.96. The largest absolute Gasteiger partial charge is 0.361 e. The fourth-order valence-corrected chi connectivity index (χ4v) is 3.99. The second-order valence-electron chi connectivity index (χ2n) is 7.92. The monoisotopic (exact) mass is 416 g/mol. The number of hydrogen-bond acceptors (Lipinski definition) is 3. The summed E-state index contributed by atoms with van der Waals surface area (Å²) in [7, 11) is 0. The summed E-state index contributed by atoms with van der Waals surface area (Å²) in [5.41, 5.74) is 2.04. The Labute approximate surface area is 179 Å². The van der Waals surface area contributed by atoms with E-state index in [9.17, 15) is 4.39 Å². The number of rotatable bonds is 10. The molecule has 1 fully saturated rings. The molecule has 0 saturated carbocycles. The first-order valence-electron chi connectivity index (χ1n) is 11.4. The zero-order valence-electron chi connectivity index (χ0n) is 18.5. The van der Waals surface area contributed by atoms with Gasteiger partial charge in [-0.25, -0.2) is 4.39 Å². The number of H-pyrrole nitrogens is 1. The van der Waals surface area contributed by atoms with Crippen LogP contribution in [-0.4, -0.2) is 79.6 Å². The number of hydrogen-bond donors (Lipinski definition) is 3. The number of nitrogens with one attached hydrogen (secondary N) is 3. The molecule has 1 aromatic heterocycles. The molecule has 0 radical (unpaired) electrons. The lowest BCUT2D eigenvalue weighted by Gasteiger charge is -2.33. The highest BCUT2D eigenvalue weighted by Gasteiger charge is 2.14. The van der Waals surface area contributed by atoms with Crippen molar-refractivity contribution in [2.75, 3.05) is 58.9 Å². The number of aliphatic imine (C=N–C) groups is 1. The highest BCUT2D eigenvalue weighted by molar-refractivity contribution is 5.83. The van der Waals surface area contributed by atoms with E-state index in [-0.39, 0.29) is 5.82 Å². The third-order valence-corrected chi connectivity index (χ3v) is 5.82. The van der Waals surface area contributed by atoms with Crippen LogP contribution in [0.1, 0.15) is 32.3 Å². The zero-order chi connectivity index (χ0) is 21.2. The van der Waals surface area contributed by atoms with Crippen molar-refractivity contribution < 1.29 is 4.39 Å². The second kappa shape index (κ2) is 11.9. The van der Waals surface area contributed by atoms with Crippen molar-refractivity contribution in [3.05, 3.63) is 35.8 Å². The van der Waals surface area contributed by atoms with Gasteiger partial charge in [0, 0.05) is 62.9 Å². The Morgan fingerprint density at radius 2 is 1.90 bits per heavy atom. The van der Waals surface area contributed by atoms with Crippen molar-refractivity contribution >= 4 is 16.9 Å². The Morgan fingerprint density at radius 1 is 1.10 bits per heavy atom. The number of guanidine groups is 1. The van der Waals surface area contributed by atoms with Gasteiger partial charge in [0.1, 0.15) is 5.82 Å². The molecule has 0 atom stereocenters. The maximum atomic E-state index is 13.3. The molecule has 0 bridgehead atoms. The third kappa shape index (κ3) is 6.71. The minimum absolute atomic E-state index is 0.209. The molecule has 0 unspecified atom stereocenters. The molecule has 7 heteroatoms. The number of unbranched alkanes of at least 4 members (excludes halogenated alkanes) is 1. The van der Waals surface area contributed by atoms with Crippen LogP contribution in [0.3, 0.4) is 0 Å². The van der Waals surface area contributed by atoms with Crippen LogP contribution < -0.4 is 10.6 Å². The number of aromatic nitrogens is 1. The van der Waals surface area contributed by atoms with Gasteiger partial charge >= 0.3 is 0 Å². The third-order valence-electron chi connectivity index (χ3n) is 5.82. The van der Waals surface area contributed by atoms with E-state index in [0.29, 0.717) is 0 Å². The van der Waals surface area contributed by atoms with E-state index >= 15 is 0 Å². The molecule has 1 saturated heterocycles. The van der Waals surface area contributed by atoms with Gasteiger partial charge in [-0.2, -0.15) is 0 Å². The number of likely N-dealkylation sites (N-methyl/N-ethyl adjacent to an activating group) is 1. The van der Waals surface area contributed by atoms with E-state index in [4.69, 9.17) is 4.99 Å². The summed E-state index contributed by atoms with van der Waals surface area (Å²) in [4.78, 5) is 13.0. The van der Waals surface area contributed by atoms with Gasteiger partial charge in [0.05, 0.1) is 0 Å². The first kappa shape index (κ1) is 22.6. The van der Waals surface area contributed by atoms with Crippen LogP contribution in [0.15, 0.2) is 29.4 Å². The SMILES string of the molecule is CCNC(=NCCCCN1CCN(CC)CC1)NCCc1c[nH]c2cc(F)ccc12. The minimum atomic E-state index is -0.209. The molecular formula is C23H37FN6. The van der Waals surface area contributed by atoms with Gasteiger partial charge in [-0.15, -0.1) is 0 Å². The molecule has 0 amide bonds. The first-order valence-corrected chi connectivity index (χ1v) is 11.4. The number of piperazine rings is 1. The topological polar surface area (TPSA) is 58.7 Å². The quantitative estimate of drug-likeness (QED) is 0.317. The molecule has 0 spiro atoms. The fraction of sp³-hybridized carbons (Fsp3) is 0.609. The van der Waals surface area contributed by atoms with Crippen molar-refractivity contribution in [2.24, 2.45) is 4.99 Å². The Bertz CT molecular complexity index is 794. The predicted octanol–water partition coefficient (Wildman–Crippen LogP) is 2.82. The predicted molar refractivity (Wildman–Crippen MR) is 124 cm³/mol. The summed E-state index contributed by atoms with van der Waals surface area (Å²) in [5, 5.41) is 7.83. The van der Waals surface area contributed by atoms with E-state index < -0.39 is 0 Å². The molecule has 30 heavy (non-hydrogen) atoms. The summed E-state index contributed by atoms with van der Waals surface area (Å²) in [6.45, 7) is 14.0. The molecule has 166 valence electrons. The van der Waals surface area contributed by atoms with Gasteiger partial charge in [0.15, 0.2) is 5.96 Å². The molecule has 2 heterocycles. The van der Waals surface area contributed by atoms with Crippen molar-refractivity contribution in [2.45, 2.75) is 33.1 Å². The molecular weight excluding hydrogens is 379 g/mol. The molecule has 2 aromatic rings. The van der Waals surface area contributed by atoms with E-state index in [1.165, 1.54) is 57.3 Å². The molecule has 1 aliphatic heterocycles. The highest BCUT2D eigenvalue weighted by Crippen LogP contribution is 2.19. The first-order chi connectivity index (χ1) is 14.7. The van der Waals surface area contributed by atoms with E-state index in [0.717, 1.165) is 49.3 Å². The molecule has 6 nitrogen and oxygen atoms in total. The highest BCUT2D eigenvalue weighted by atomic mass is 19.1. The van der Waals surface area contributed by atoms with Gasteiger partial charge in [-0.3, -0.25) is 4.99 Å². The number of nitrogens with zero attached hydrogens (tertiary/aromatic N) is 3. The van der Waals surface area contributed by atoms with Crippen molar-refractivity contribution in [1.82, 2.24) is 25.4 Å². The Balaban J connectivity index is 1.36. The van der Waals surface area contributed by atoms with Gasteiger partial charge in [0.25, 0.3) is 0 Å². The average Bonchev–Trinajstić information content (AvgIpc) is 3.15. The minimum Gasteiger partial charge on any atom is -0.361 e. The summed E-state index contributed by atoms with van der Waals surface area (Å²) in [6.07, 6.45) is 5.13. The van der Waals surface area contributed by atoms with Crippen LogP contribution in [0, 0.1) is 5.82 Å². The Morgan fingerprint density at radius 3 is 2.67 bits per heavy atom. The lowest BCUT2D eigenvalue weighted by Crippen LogP contribution is -2.46. The number of fused-ring (bicyclic) bond motifs is 1. The van der Waals surface area contributed by atoms with E-state index in [2.05, 4.69) is 39.3 Å². The smallest absolute Gasteiger partial charge is 0.191 e. The van der Waals surface area contributed by atoms with E-state index in [1.807, 2.05) is 12.3 Å². The van der Waals surface area contributed by atoms with Crippen LogP contribution >= 0.6 is 0 Å². The second-order valence-corrected chi connectivity index (χ2v) is 7.92. The van der Waals surface area contributed by atoms with Crippen LogP contribution in [0.5, 0.6) is 0 Å². The van der Waals surface area contributed by atoms with Crippen molar-refractivity contribution in [3.63, 3.8) is 0 Å².